The Balaban J connectivity index is 0.00000196. The second-order valence-corrected chi connectivity index (χ2v) is 7.33. The SMILES string of the molecule is Cc1ccc(-n2nc(C(=O)NCC3CCCN3)c3c2CCC3)c(C)c1.Cl. The second kappa shape index (κ2) is 7.80. The molecule has 140 valence electrons. The topological polar surface area (TPSA) is 59.0 Å². The number of amides is 1. The maximum absolute atomic E-state index is 12.7. The molecule has 1 aromatic heterocycles. The molecule has 2 aromatic rings. The third-order valence-corrected chi connectivity index (χ3v) is 5.40. The van der Waals surface area contributed by atoms with Crippen molar-refractivity contribution in [1.29, 1.82) is 0 Å². The molecule has 4 rings (SSSR count). The van der Waals surface area contributed by atoms with Gasteiger partial charge in [-0.3, -0.25) is 4.79 Å². The Kier molecular flexibility index (Phi) is 5.68. The minimum absolute atomic E-state index is 0. The van der Waals surface area contributed by atoms with Crippen molar-refractivity contribution in [2.45, 2.75) is 52.0 Å². The van der Waals surface area contributed by atoms with Gasteiger partial charge in [0.15, 0.2) is 5.69 Å². The first kappa shape index (κ1) is 18.9. The summed E-state index contributed by atoms with van der Waals surface area (Å²) in [5.74, 6) is -0.0321. The first-order valence-corrected chi connectivity index (χ1v) is 9.33. The lowest BCUT2D eigenvalue weighted by Gasteiger charge is -2.11. The molecule has 1 fully saturated rings. The Morgan fingerprint density at radius 2 is 2.15 bits per heavy atom. The van der Waals surface area contributed by atoms with Crippen LogP contribution in [0.5, 0.6) is 0 Å². The molecule has 1 aliphatic carbocycles. The molecular weight excluding hydrogens is 348 g/mol. The van der Waals surface area contributed by atoms with Crippen molar-refractivity contribution in [2.75, 3.05) is 13.1 Å². The Morgan fingerprint density at radius 3 is 2.88 bits per heavy atom. The normalized spacial score (nSPS) is 18.5. The maximum atomic E-state index is 12.7. The molecule has 1 unspecified atom stereocenters. The fraction of sp³-hybridized carbons (Fsp3) is 0.500. The van der Waals surface area contributed by atoms with E-state index in [1.54, 1.807) is 0 Å². The molecule has 1 aromatic carbocycles. The van der Waals surface area contributed by atoms with Gasteiger partial charge in [0.1, 0.15) is 0 Å². The third-order valence-electron chi connectivity index (χ3n) is 5.40. The number of halogens is 1. The molecule has 0 saturated carbocycles. The van der Waals surface area contributed by atoms with E-state index >= 15 is 0 Å². The first-order chi connectivity index (χ1) is 12.1. The number of hydrogen-bond donors (Lipinski definition) is 2. The van der Waals surface area contributed by atoms with Gasteiger partial charge in [-0.1, -0.05) is 17.7 Å². The average Bonchev–Trinajstić information content (AvgIpc) is 3.31. The standard InChI is InChI=1S/C20H26N4O.ClH/c1-13-8-9-17(14(2)11-13)24-18-7-3-6-16(18)19(23-24)20(25)22-12-15-5-4-10-21-15;/h8-9,11,15,21H,3-7,10,12H2,1-2H3,(H,22,25);1H. The van der Waals surface area contributed by atoms with Crippen LogP contribution in [-0.2, 0) is 12.8 Å². The highest BCUT2D eigenvalue weighted by Gasteiger charge is 2.27. The number of carbonyl (C=O) groups is 1. The van der Waals surface area contributed by atoms with E-state index in [0.717, 1.165) is 43.5 Å². The van der Waals surface area contributed by atoms with E-state index in [0.29, 0.717) is 18.3 Å². The van der Waals surface area contributed by atoms with Gasteiger partial charge in [-0.15, -0.1) is 12.4 Å². The van der Waals surface area contributed by atoms with E-state index in [1.165, 1.54) is 23.2 Å². The lowest BCUT2D eigenvalue weighted by atomic mass is 10.1. The van der Waals surface area contributed by atoms with E-state index < -0.39 is 0 Å². The van der Waals surface area contributed by atoms with Gasteiger partial charge in [0, 0.05) is 23.8 Å². The van der Waals surface area contributed by atoms with Crippen LogP contribution in [0.4, 0.5) is 0 Å². The van der Waals surface area contributed by atoms with Crippen molar-refractivity contribution in [3.05, 3.63) is 46.3 Å². The summed E-state index contributed by atoms with van der Waals surface area (Å²) in [5, 5.41) is 11.2. The van der Waals surface area contributed by atoms with E-state index in [4.69, 9.17) is 5.10 Å². The van der Waals surface area contributed by atoms with E-state index in [-0.39, 0.29) is 18.3 Å². The predicted molar refractivity (Wildman–Crippen MR) is 106 cm³/mol. The summed E-state index contributed by atoms with van der Waals surface area (Å²) in [5.41, 5.74) is 6.48. The molecule has 0 radical (unpaired) electrons. The molecule has 2 heterocycles. The molecule has 1 atom stereocenters. The zero-order valence-electron chi connectivity index (χ0n) is 15.5. The van der Waals surface area contributed by atoms with Crippen LogP contribution in [0.25, 0.3) is 5.69 Å². The maximum Gasteiger partial charge on any atom is 0.272 e. The van der Waals surface area contributed by atoms with Crippen LogP contribution in [0.3, 0.4) is 0 Å². The number of aromatic nitrogens is 2. The zero-order valence-corrected chi connectivity index (χ0v) is 16.3. The van der Waals surface area contributed by atoms with Gasteiger partial charge in [-0.05, 0) is 64.1 Å². The minimum atomic E-state index is -0.0321. The Morgan fingerprint density at radius 1 is 1.31 bits per heavy atom. The summed E-state index contributed by atoms with van der Waals surface area (Å²) in [6.07, 6.45) is 5.37. The molecule has 5 nitrogen and oxygen atoms in total. The smallest absolute Gasteiger partial charge is 0.272 e. The second-order valence-electron chi connectivity index (χ2n) is 7.33. The van der Waals surface area contributed by atoms with Gasteiger partial charge in [-0.25, -0.2) is 4.68 Å². The van der Waals surface area contributed by atoms with Crippen molar-refractivity contribution >= 4 is 18.3 Å². The molecule has 6 heteroatoms. The zero-order chi connectivity index (χ0) is 17.4. The molecule has 2 N–H and O–H groups in total. The highest BCUT2D eigenvalue weighted by molar-refractivity contribution is 5.94. The summed E-state index contributed by atoms with van der Waals surface area (Å²) >= 11 is 0. The van der Waals surface area contributed by atoms with Crippen molar-refractivity contribution in [2.24, 2.45) is 0 Å². The van der Waals surface area contributed by atoms with Crippen LogP contribution in [0.1, 0.15) is 52.1 Å². The summed E-state index contributed by atoms with van der Waals surface area (Å²) in [6.45, 7) is 5.94. The molecule has 0 spiro atoms. The van der Waals surface area contributed by atoms with Crippen LogP contribution < -0.4 is 10.6 Å². The van der Waals surface area contributed by atoms with Gasteiger partial charge >= 0.3 is 0 Å². The predicted octanol–water partition coefficient (Wildman–Crippen LogP) is 2.88. The Labute approximate surface area is 161 Å². The van der Waals surface area contributed by atoms with Gasteiger partial charge in [0.2, 0.25) is 0 Å². The van der Waals surface area contributed by atoms with Crippen molar-refractivity contribution < 1.29 is 4.79 Å². The fourth-order valence-corrected chi connectivity index (χ4v) is 4.09. The molecule has 1 saturated heterocycles. The number of fused-ring (bicyclic) bond motifs is 1. The Bertz CT molecular complexity index is 808. The van der Waals surface area contributed by atoms with Gasteiger partial charge in [-0.2, -0.15) is 5.10 Å². The van der Waals surface area contributed by atoms with Crippen LogP contribution in [0.2, 0.25) is 0 Å². The highest BCUT2D eigenvalue weighted by Crippen LogP contribution is 2.29. The third kappa shape index (κ3) is 3.51. The van der Waals surface area contributed by atoms with E-state index in [9.17, 15) is 4.79 Å². The quantitative estimate of drug-likeness (QED) is 0.865. The Hall–Kier alpha value is -1.85. The lowest BCUT2D eigenvalue weighted by Crippen LogP contribution is -2.37. The van der Waals surface area contributed by atoms with Gasteiger partial charge in [0.25, 0.3) is 5.91 Å². The highest BCUT2D eigenvalue weighted by atomic mass is 35.5. The molecule has 26 heavy (non-hydrogen) atoms. The van der Waals surface area contributed by atoms with Crippen LogP contribution >= 0.6 is 12.4 Å². The number of carbonyl (C=O) groups excluding carboxylic acids is 1. The molecular formula is C20H27ClN4O. The minimum Gasteiger partial charge on any atom is -0.349 e. The van der Waals surface area contributed by atoms with Crippen molar-refractivity contribution in [1.82, 2.24) is 20.4 Å². The summed E-state index contributed by atoms with van der Waals surface area (Å²) in [7, 11) is 0. The first-order valence-electron chi connectivity index (χ1n) is 9.33. The molecule has 2 aliphatic rings. The molecule has 0 bridgehead atoms. The largest absolute Gasteiger partial charge is 0.349 e. The lowest BCUT2D eigenvalue weighted by molar-refractivity contribution is 0.0944. The van der Waals surface area contributed by atoms with Gasteiger partial charge < -0.3 is 10.6 Å². The van der Waals surface area contributed by atoms with Gasteiger partial charge in [0.05, 0.1) is 5.69 Å². The fourth-order valence-electron chi connectivity index (χ4n) is 4.09. The molecule has 1 aliphatic heterocycles. The van der Waals surface area contributed by atoms with Crippen molar-refractivity contribution in [3.63, 3.8) is 0 Å². The van der Waals surface area contributed by atoms with E-state index in [2.05, 4.69) is 42.7 Å². The number of rotatable bonds is 4. The number of aryl methyl sites for hydroxylation is 2. The number of nitrogens with one attached hydrogen (secondary N) is 2. The van der Waals surface area contributed by atoms with E-state index in [1.807, 2.05) is 4.68 Å². The monoisotopic (exact) mass is 374 g/mol. The van der Waals surface area contributed by atoms with Crippen LogP contribution in [0, 0.1) is 13.8 Å². The summed E-state index contributed by atoms with van der Waals surface area (Å²) in [6, 6.07) is 6.79. The number of hydrogen-bond acceptors (Lipinski definition) is 3. The summed E-state index contributed by atoms with van der Waals surface area (Å²) < 4.78 is 2.00. The van der Waals surface area contributed by atoms with Crippen LogP contribution in [0.15, 0.2) is 18.2 Å². The number of benzene rings is 1. The average molecular weight is 375 g/mol. The van der Waals surface area contributed by atoms with Crippen LogP contribution in [-0.4, -0.2) is 34.8 Å². The molecule has 1 amide bonds. The summed E-state index contributed by atoms with van der Waals surface area (Å²) in [4.78, 5) is 12.7. The van der Waals surface area contributed by atoms with Crippen molar-refractivity contribution in [3.8, 4) is 5.69 Å². The number of nitrogens with zero attached hydrogens (tertiary/aromatic N) is 2.